The predicted molar refractivity (Wildman–Crippen MR) is 73.4 cm³/mol. The molecule has 0 aliphatic heterocycles. The Balaban J connectivity index is 1.97. The summed E-state index contributed by atoms with van der Waals surface area (Å²) >= 11 is 0. The van der Waals surface area contributed by atoms with Gasteiger partial charge in [0.2, 0.25) is 0 Å². The topological polar surface area (TPSA) is 29.9 Å². The maximum Gasteiger partial charge on any atom is 0.140 e. The van der Waals surface area contributed by atoms with Crippen LogP contribution < -0.4 is 5.32 Å². The van der Waals surface area contributed by atoms with E-state index in [2.05, 4.69) is 52.4 Å². The van der Waals surface area contributed by atoms with Crippen molar-refractivity contribution in [3.8, 4) is 11.4 Å². The van der Waals surface area contributed by atoms with Gasteiger partial charge in [0.15, 0.2) is 0 Å². The second kappa shape index (κ2) is 4.94. The second-order valence-corrected chi connectivity index (χ2v) is 4.92. The molecule has 1 saturated carbocycles. The van der Waals surface area contributed by atoms with Gasteiger partial charge in [-0.1, -0.05) is 30.3 Å². The van der Waals surface area contributed by atoms with E-state index in [4.69, 9.17) is 0 Å². The summed E-state index contributed by atoms with van der Waals surface area (Å²) in [5.74, 6) is 1.09. The molecule has 3 rings (SSSR count). The fraction of sp³-hybridized carbons (Fsp3) is 0.400. The maximum absolute atomic E-state index is 4.53. The Morgan fingerprint density at radius 2 is 2.06 bits per heavy atom. The molecule has 1 fully saturated rings. The van der Waals surface area contributed by atoms with Crippen molar-refractivity contribution >= 4 is 0 Å². The Labute approximate surface area is 108 Å². The van der Waals surface area contributed by atoms with Gasteiger partial charge in [-0.3, -0.25) is 0 Å². The first-order valence-electron chi connectivity index (χ1n) is 6.65. The van der Waals surface area contributed by atoms with Crippen molar-refractivity contribution in [1.82, 2.24) is 14.9 Å². The average molecular weight is 241 g/mol. The van der Waals surface area contributed by atoms with Gasteiger partial charge in [0.05, 0.1) is 6.04 Å². The number of aromatic nitrogens is 2. The molecule has 94 valence electrons. The highest BCUT2D eigenvalue weighted by molar-refractivity contribution is 5.55. The van der Waals surface area contributed by atoms with Crippen LogP contribution in [0.15, 0.2) is 42.7 Å². The largest absolute Gasteiger partial charge is 0.326 e. The van der Waals surface area contributed by atoms with E-state index in [-0.39, 0.29) is 0 Å². The summed E-state index contributed by atoms with van der Waals surface area (Å²) in [7, 11) is 2.06. The van der Waals surface area contributed by atoms with Crippen LogP contribution in [-0.2, 0) is 0 Å². The van der Waals surface area contributed by atoms with Crippen molar-refractivity contribution in [3.05, 3.63) is 42.7 Å². The number of imidazole rings is 1. The molecule has 1 aromatic carbocycles. The zero-order chi connectivity index (χ0) is 12.4. The van der Waals surface area contributed by atoms with Crippen LogP contribution in [0, 0.1) is 0 Å². The molecule has 1 aliphatic rings. The van der Waals surface area contributed by atoms with Crippen LogP contribution in [0.2, 0.25) is 0 Å². The zero-order valence-electron chi connectivity index (χ0n) is 10.7. The highest BCUT2D eigenvalue weighted by Crippen LogP contribution is 2.33. The van der Waals surface area contributed by atoms with Crippen LogP contribution in [0.25, 0.3) is 11.4 Å². The summed E-state index contributed by atoms with van der Waals surface area (Å²) < 4.78 is 2.34. The summed E-state index contributed by atoms with van der Waals surface area (Å²) in [6, 6.07) is 11.5. The maximum atomic E-state index is 4.53. The van der Waals surface area contributed by atoms with Gasteiger partial charge in [0.1, 0.15) is 5.82 Å². The monoisotopic (exact) mass is 241 g/mol. The van der Waals surface area contributed by atoms with Crippen molar-refractivity contribution in [2.75, 3.05) is 7.05 Å². The van der Waals surface area contributed by atoms with Crippen LogP contribution in [0.1, 0.15) is 25.3 Å². The zero-order valence-corrected chi connectivity index (χ0v) is 10.7. The molecule has 1 aliphatic carbocycles. The lowest BCUT2D eigenvalue weighted by Crippen LogP contribution is -2.30. The molecule has 18 heavy (non-hydrogen) atoms. The molecule has 2 unspecified atom stereocenters. The minimum Gasteiger partial charge on any atom is -0.326 e. The smallest absolute Gasteiger partial charge is 0.140 e. The molecular weight excluding hydrogens is 222 g/mol. The number of hydrogen-bond donors (Lipinski definition) is 1. The van der Waals surface area contributed by atoms with Gasteiger partial charge in [-0.15, -0.1) is 0 Å². The first kappa shape index (κ1) is 11.5. The normalized spacial score (nSPS) is 23.4. The molecule has 0 saturated heterocycles. The fourth-order valence-electron chi connectivity index (χ4n) is 3.00. The fourth-order valence-corrected chi connectivity index (χ4v) is 3.00. The highest BCUT2D eigenvalue weighted by Gasteiger charge is 2.28. The van der Waals surface area contributed by atoms with Gasteiger partial charge >= 0.3 is 0 Å². The number of likely N-dealkylation sites (N-methyl/N-ethyl adjacent to an activating group) is 1. The van der Waals surface area contributed by atoms with E-state index in [9.17, 15) is 0 Å². The molecule has 1 heterocycles. The van der Waals surface area contributed by atoms with Crippen LogP contribution in [0.3, 0.4) is 0 Å². The Hall–Kier alpha value is -1.61. The van der Waals surface area contributed by atoms with Gasteiger partial charge in [0.25, 0.3) is 0 Å². The van der Waals surface area contributed by atoms with Gasteiger partial charge in [0, 0.05) is 24.0 Å². The predicted octanol–water partition coefficient (Wildman–Crippen LogP) is 2.86. The van der Waals surface area contributed by atoms with E-state index in [0.717, 1.165) is 5.82 Å². The lowest BCUT2D eigenvalue weighted by molar-refractivity contribution is 0.417. The summed E-state index contributed by atoms with van der Waals surface area (Å²) in [5, 5.41) is 3.43. The number of nitrogens with zero attached hydrogens (tertiary/aromatic N) is 2. The number of rotatable bonds is 3. The molecule has 0 amide bonds. The lowest BCUT2D eigenvalue weighted by atomic mass is 10.1. The van der Waals surface area contributed by atoms with E-state index >= 15 is 0 Å². The van der Waals surface area contributed by atoms with Crippen molar-refractivity contribution in [1.29, 1.82) is 0 Å². The third-order valence-corrected chi connectivity index (χ3v) is 3.91. The lowest BCUT2D eigenvalue weighted by Gasteiger charge is -2.22. The van der Waals surface area contributed by atoms with E-state index in [1.165, 1.54) is 24.8 Å². The third-order valence-electron chi connectivity index (χ3n) is 3.91. The summed E-state index contributed by atoms with van der Waals surface area (Å²) in [6.45, 7) is 0. The van der Waals surface area contributed by atoms with Crippen LogP contribution in [0.5, 0.6) is 0 Å². The summed E-state index contributed by atoms with van der Waals surface area (Å²) in [6.07, 6.45) is 7.81. The Morgan fingerprint density at radius 3 is 2.83 bits per heavy atom. The van der Waals surface area contributed by atoms with Crippen LogP contribution in [0.4, 0.5) is 0 Å². The number of nitrogens with one attached hydrogen (secondary N) is 1. The molecule has 0 radical (unpaired) electrons. The molecule has 0 spiro atoms. The van der Waals surface area contributed by atoms with Crippen molar-refractivity contribution in [2.45, 2.75) is 31.3 Å². The van der Waals surface area contributed by atoms with Crippen LogP contribution in [-0.4, -0.2) is 22.6 Å². The SMILES string of the molecule is CNC1CCCC1n1ccnc1-c1ccccc1. The average Bonchev–Trinajstić information content (AvgIpc) is 3.07. The molecule has 1 N–H and O–H groups in total. The van der Waals surface area contributed by atoms with Crippen LogP contribution >= 0.6 is 0 Å². The molecule has 3 nitrogen and oxygen atoms in total. The third kappa shape index (κ3) is 1.95. The summed E-state index contributed by atoms with van der Waals surface area (Å²) in [4.78, 5) is 4.53. The second-order valence-electron chi connectivity index (χ2n) is 4.92. The summed E-state index contributed by atoms with van der Waals surface area (Å²) in [5.41, 5.74) is 1.20. The minimum atomic E-state index is 0.535. The number of benzene rings is 1. The van der Waals surface area contributed by atoms with Crippen molar-refractivity contribution < 1.29 is 0 Å². The van der Waals surface area contributed by atoms with Gasteiger partial charge in [-0.05, 0) is 26.3 Å². The molecule has 0 bridgehead atoms. The van der Waals surface area contributed by atoms with Crippen molar-refractivity contribution in [3.63, 3.8) is 0 Å². The Bertz CT molecular complexity index is 503. The molecular formula is C15H19N3. The molecule has 1 aromatic heterocycles. The van der Waals surface area contributed by atoms with E-state index in [0.29, 0.717) is 12.1 Å². The number of hydrogen-bond acceptors (Lipinski definition) is 2. The van der Waals surface area contributed by atoms with E-state index < -0.39 is 0 Å². The quantitative estimate of drug-likeness (QED) is 0.895. The van der Waals surface area contributed by atoms with E-state index in [1.54, 1.807) is 0 Å². The van der Waals surface area contributed by atoms with Gasteiger partial charge < -0.3 is 9.88 Å². The Morgan fingerprint density at radius 1 is 1.22 bits per heavy atom. The van der Waals surface area contributed by atoms with Crippen molar-refractivity contribution in [2.24, 2.45) is 0 Å². The van der Waals surface area contributed by atoms with Gasteiger partial charge in [-0.2, -0.15) is 0 Å². The van der Waals surface area contributed by atoms with Gasteiger partial charge in [-0.25, -0.2) is 4.98 Å². The molecule has 3 heteroatoms. The minimum absolute atomic E-state index is 0.535. The first-order valence-corrected chi connectivity index (χ1v) is 6.65. The highest BCUT2D eigenvalue weighted by atomic mass is 15.1. The first-order chi connectivity index (χ1) is 8.90. The standard InChI is InChI=1S/C15H19N3/c1-16-13-8-5-9-14(13)18-11-10-17-15(18)12-6-3-2-4-7-12/h2-4,6-7,10-11,13-14,16H,5,8-9H2,1H3. The van der Waals surface area contributed by atoms with E-state index in [1.807, 2.05) is 12.3 Å². The Kier molecular flexibility index (Phi) is 3.15. The molecule has 2 aromatic rings. The molecule has 2 atom stereocenters.